The number of benzene rings is 2. The van der Waals surface area contributed by atoms with Crippen LogP contribution in [0.25, 0.3) is 0 Å². The highest BCUT2D eigenvalue weighted by Gasteiger charge is 2.12. The topological polar surface area (TPSA) is 72.5 Å². The minimum atomic E-state index is -0.581. The van der Waals surface area contributed by atoms with E-state index in [0.29, 0.717) is 17.1 Å². The van der Waals surface area contributed by atoms with Crippen molar-refractivity contribution in [3.05, 3.63) is 64.7 Å². The van der Waals surface area contributed by atoms with Crippen molar-refractivity contribution in [1.29, 1.82) is 0 Å². The first kappa shape index (κ1) is 21.0. The maximum absolute atomic E-state index is 12.1. The molecule has 0 aliphatic rings. The lowest BCUT2D eigenvalue weighted by Crippen LogP contribution is -2.28. The molecule has 2 aromatic carbocycles. The second-order valence-corrected chi connectivity index (χ2v) is 7.04. The van der Waals surface area contributed by atoms with Crippen LogP contribution < -0.4 is 5.32 Å². The van der Waals surface area contributed by atoms with Gasteiger partial charge in [-0.05, 0) is 36.1 Å². The van der Waals surface area contributed by atoms with Gasteiger partial charge in [-0.15, -0.1) is 11.8 Å². The highest BCUT2D eigenvalue weighted by molar-refractivity contribution is 7.98. The van der Waals surface area contributed by atoms with Gasteiger partial charge in [0.05, 0.1) is 6.42 Å². The number of nitrogens with one attached hydrogen (secondary N) is 1. The first-order chi connectivity index (χ1) is 13.0. The van der Waals surface area contributed by atoms with Gasteiger partial charge in [0.15, 0.2) is 12.4 Å². The first-order valence-corrected chi connectivity index (χ1v) is 9.92. The largest absolute Gasteiger partial charge is 0.456 e. The van der Waals surface area contributed by atoms with Crippen LogP contribution in [0.3, 0.4) is 0 Å². The SMILES string of the molecule is CSc1ccc(C(=O)CCC(=O)OCC(=O)NCc2cccc(Cl)c2)cc1. The number of ketones is 1. The van der Waals surface area contributed by atoms with Gasteiger partial charge in [0.2, 0.25) is 0 Å². The summed E-state index contributed by atoms with van der Waals surface area (Å²) in [6.07, 6.45) is 1.93. The van der Waals surface area contributed by atoms with E-state index in [9.17, 15) is 14.4 Å². The van der Waals surface area contributed by atoms with Gasteiger partial charge in [0.1, 0.15) is 0 Å². The molecule has 0 atom stereocenters. The summed E-state index contributed by atoms with van der Waals surface area (Å²) in [4.78, 5) is 36.6. The summed E-state index contributed by atoms with van der Waals surface area (Å²) in [5, 5.41) is 3.22. The maximum atomic E-state index is 12.1. The van der Waals surface area contributed by atoms with Crippen LogP contribution in [-0.4, -0.2) is 30.5 Å². The van der Waals surface area contributed by atoms with E-state index in [1.54, 1.807) is 42.1 Å². The van der Waals surface area contributed by atoms with Crippen LogP contribution in [0.1, 0.15) is 28.8 Å². The van der Waals surface area contributed by atoms with Crippen molar-refractivity contribution in [3.8, 4) is 0 Å². The molecule has 1 amide bonds. The van der Waals surface area contributed by atoms with E-state index in [-0.39, 0.29) is 25.2 Å². The van der Waals surface area contributed by atoms with Crippen LogP contribution in [0.2, 0.25) is 5.02 Å². The minimum Gasteiger partial charge on any atom is -0.456 e. The van der Waals surface area contributed by atoms with Gasteiger partial charge in [0, 0.05) is 28.4 Å². The summed E-state index contributed by atoms with van der Waals surface area (Å²) in [6.45, 7) is -0.0858. The van der Waals surface area contributed by atoms with Crippen LogP contribution in [0.4, 0.5) is 0 Å². The molecule has 0 fully saturated rings. The summed E-state index contributed by atoms with van der Waals surface area (Å²) in [5.74, 6) is -1.13. The third-order valence-corrected chi connectivity index (χ3v) is 4.69. The number of hydrogen-bond donors (Lipinski definition) is 1. The second kappa shape index (κ2) is 10.7. The van der Waals surface area contributed by atoms with Crippen molar-refractivity contribution in [2.75, 3.05) is 12.9 Å². The molecule has 1 N–H and O–H groups in total. The molecule has 0 aliphatic carbocycles. The molecule has 0 unspecified atom stereocenters. The Labute approximate surface area is 167 Å². The Balaban J connectivity index is 1.67. The molecule has 0 bridgehead atoms. The lowest BCUT2D eigenvalue weighted by Gasteiger charge is -2.07. The molecule has 0 saturated carbocycles. The smallest absolute Gasteiger partial charge is 0.306 e. The number of carbonyl (C=O) groups excluding carboxylic acids is 3. The zero-order chi connectivity index (χ0) is 19.6. The molecule has 5 nitrogen and oxygen atoms in total. The quantitative estimate of drug-likeness (QED) is 0.389. The van der Waals surface area contributed by atoms with E-state index in [1.807, 2.05) is 24.5 Å². The zero-order valence-electron chi connectivity index (χ0n) is 14.9. The highest BCUT2D eigenvalue weighted by Crippen LogP contribution is 2.16. The lowest BCUT2D eigenvalue weighted by atomic mass is 10.1. The molecule has 27 heavy (non-hydrogen) atoms. The third-order valence-electron chi connectivity index (χ3n) is 3.71. The number of rotatable bonds is 9. The normalized spacial score (nSPS) is 10.3. The second-order valence-electron chi connectivity index (χ2n) is 5.72. The van der Waals surface area contributed by atoms with Gasteiger partial charge in [-0.25, -0.2) is 0 Å². The fourth-order valence-corrected chi connectivity index (χ4v) is 2.87. The van der Waals surface area contributed by atoms with E-state index in [0.717, 1.165) is 10.5 Å². The molecular weight excluding hydrogens is 386 g/mol. The van der Waals surface area contributed by atoms with E-state index in [1.165, 1.54) is 0 Å². The zero-order valence-corrected chi connectivity index (χ0v) is 16.4. The van der Waals surface area contributed by atoms with Gasteiger partial charge in [0.25, 0.3) is 5.91 Å². The van der Waals surface area contributed by atoms with Crippen molar-refractivity contribution in [2.24, 2.45) is 0 Å². The van der Waals surface area contributed by atoms with Crippen molar-refractivity contribution < 1.29 is 19.1 Å². The van der Waals surface area contributed by atoms with E-state index < -0.39 is 11.9 Å². The Morgan fingerprint density at radius 1 is 1.07 bits per heavy atom. The van der Waals surface area contributed by atoms with Gasteiger partial charge >= 0.3 is 5.97 Å². The van der Waals surface area contributed by atoms with Crippen LogP contribution in [0.5, 0.6) is 0 Å². The van der Waals surface area contributed by atoms with Gasteiger partial charge in [-0.3, -0.25) is 14.4 Å². The summed E-state index contributed by atoms with van der Waals surface area (Å²) in [6, 6.07) is 14.3. The number of carbonyl (C=O) groups is 3. The Morgan fingerprint density at radius 3 is 2.48 bits per heavy atom. The van der Waals surface area contributed by atoms with E-state index in [2.05, 4.69) is 5.32 Å². The molecule has 0 spiro atoms. The third kappa shape index (κ3) is 7.45. The van der Waals surface area contributed by atoms with Crippen molar-refractivity contribution in [2.45, 2.75) is 24.3 Å². The molecule has 142 valence electrons. The summed E-state index contributed by atoms with van der Waals surface area (Å²) >= 11 is 7.46. The molecule has 0 aromatic heterocycles. The van der Waals surface area contributed by atoms with E-state index in [4.69, 9.17) is 16.3 Å². The van der Waals surface area contributed by atoms with Gasteiger partial charge in [-0.1, -0.05) is 35.9 Å². The first-order valence-electron chi connectivity index (χ1n) is 8.32. The van der Waals surface area contributed by atoms with Crippen molar-refractivity contribution in [1.82, 2.24) is 5.32 Å². The average molecular weight is 406 g/mol. The van der Waals surface area contributed by atoms with Gasteiger partial charge in [-0.2, -0.15) is 0 Å². The number of esters is 1. The molecule has 0 saturated heterocycles. The van der Waals surface area contributed by atoms with Crippen molar-refractivity contribution >= 4 is 41.0 Å². The number of amides is 1. The Kier molecular flexibility index (Phi) is 8.36. The molecule has 2 aromatic rings. The Bertz CT molecular complexity index is 808. The minimum absolute atomic E-state index is 0.0432. The highest BCUT2D eigenvalue weighted by atomic mass is 35.5. The maximum Gasteiger partial charge on any atom is 0.306 e. The summed E-state index contributed by atoms with van der Waals surface area (Å²) < 4.78 is 4.91. The Hall–Kier alpha value is -2.31. The number of halogens is 1. The lowest BCUT2D eigenvalue weighted by molar-refractivity contribution is -0.148. The number of thioether (sulfide) groups is 1. The summed E-state index contributed by atoms with van der Waals surface area (Å²) in [5.41, 5.74) is 1.40. The molecule has 0 aliphatic heterocycles. The van der Waals surface area contributed by atoms with Crippen LogP contribution in [0.15, 0.2) is 53.4 Å². The average Bonchev–Trinajstić information content (AvgIpc) is 2.69. The molecule has 0 radical (unpaired) electrons. The fourth-order valence-electron chi connectivity index (χ4n) is 2.25. The van der Waals surface area contributed by atoms with Crippen LogP contribution in [-0.2, 0) is 20.9 Å². The van der Waals surface area contributed by atoms with E-state index >= 15 is 0 Å². The van der Waals surface area contributed by atoms with Crippen LogP contribution in [0, 0.1) is 0 Å². The van der Waals surface area contributed by atoms with Gasteiger partial charge < -0.3 is 10.1 Å². The predicted molar refractivity (Wildman–Crippen MR) is 106 cm³/mol. The molecule has 2 rings (SSSR count). The number of hydrogen-bond acceptors (Lipinski definition) is 5. The number of Topliss-reactive ketones (excluding diaryl/α,β-unsaturated/α-hetero) is 1. The molecule has 7 heteroatoms. The fraction of sp³-hybridized carbons (Fsp3) is 0.250. The van der Waals surface area contributed by atoms with Crippen molar-refractivity contribution in [3.63, 3.8) is 0 Å². The number of ether oxygens (including phenoxy) is 1. The standard InChI is InChI=1S/C20H20ClNO4S/c1-27-17-7-5-15(6-8-17)18(23)9-10-20(25)26-13-19(24)22-12-14-3-2-4-16(21)11-14/h2-8,11H,9-10,12-13H2,1H3,(H,22,24). The monoisotopic (exact) mass is 405 g/mol. The Morgan fingerprint density at radius 2 is 1.81 bits per heavy atom. The molecular formula is C20H20ClNO4S. The summed E-state index contributed by atoms with van der Waals surface area (Å²) in [7, 11) is 0. The predicted octanol–water partition coefficient (Wildman–Crippen LogP) is 3.88. The van der Waals surface area contributed by atoms with Crippen LogP contribution >= 0.6 is 23.4 Å². The molecule has 0 heterocycles.